The van der Waals surface area contributed by atoms with Gasteiger partial charge in [-0.25, -0.2) is 4.39 Å². The van der Waals surface area contributed by atoms with E-state index < -0.39 is 12.1 Å². The van der Waals surface area contributed by atoms with Crippen LogP contribution in [-0.4, -0.2) is 34.8 Å². The minimum Gasteiger partial charge on any atom is -0.364 e. The van der Waals surface area contributed by atoms with Crippen LogP contribution in [0.3, 0.4) is 0 Å². The number of halogens is 2. The van der Waals surface area contributed by atoms with Gasteiger partial charge in [0.25, 0.3) is 0 Å². The zero-order valence-corrected chi connectivity index (χ0v) is 15.4. The van der Waals surface area contributed by atoms with E-state index in [0.29, 0.717) is 29.9 Å². The predicted molar refractivity (Wildman–Crippen MR) is 95.2 cm³/mol. The summed E-state index contributed by atoms with van der Waals surface area (Å²) in [6.45, 7) is 3.82. The van der Waals surface area contributed by atoms with Crippen molar-refractivity contribution in [2.24, 2.45) is 5.73 Å². The van der Waals surface area contributed by atoms with Crippen molar-refractivity contribution in [2.75, 3.05) is 6.54 Å². The van der Waals surface area contributed by atoms with Crippen molar-refractivity contribution >= 4 is 18.3 Å². The van der Waals surface area contributed by atoms with Crippen molar-refractivity contribution in [3.63, 3.8) is 0 Å². The van der Waals surface area contributed by atoms with E-state index in [2.05, 4.69) is 15.5 Å². The molecule has 1 amide bonds. The second kappa shape index (κ2) is 8.57. The summed E-state index contributed by atoms with van der Waals surface area (Å²) in [4.78, 5) is 16.5. The molecule has 7 nitrogen and oxygen atoms in total. The van der Waals surface area contributed by atoms with Crippen LogP contribution in [0, 0.1) is 12.7 Å². The number of hydrogen-bond donors (Lipinski definition) is 2. The van der Waals surface area contributed by atoms with Crippen LogP contribution >= 0.6 is 12.4 Å². The number of rotatable bonds is 5. The van der Waals surface area contributed by atoms with Crippen LogP contribution in [0.2, 0.25) is 0 Å². The van der Waals surface area contributed by atoms with Crippen molar-refractivity contribution in [3.05, 3.63) is 35.5 Å². The fraction of sp³-hybridized carbons (Fsp3) is 0.471. The highest BCUT2D eigenvalue weighted by Crippen LogP contribution is 2.22. The first-order chi connectivity index (χ1) is 12.0. The standard InChI is InChI=1S/C17H21FN4O3.ClH/c1-9-7-11(3-5-13(9)18)15-21-17(25-22-15)10(2)20-16(23)14-6-4-12(8-19)24-14;/h3,5,7,10,12,14H,4,6,8,19H2,1-2H3,(H,20,23);1H/t10?,12-,14+;/m1./s1. The summed E-state index contributed by atoms with van der Waals surface area (Å²) in [6, 6.07) is 4.12. The van der Waals surface area contributed by atoms with Crippen LogP contribution in [0.4, 0.5) is 4.39 Å². The number of carbonyl (C=O) groups is 1. The van der Waals surface area contributed by atoms with E-state index in [1.807, 2.05) is 0 Å². The number of aromatic nitrogens is 2. The smallest absolute Gasteiger partial charge is 0.249 e. The maximum absolute atomic E-state index is 13.4. The Morgan fingerprint density at radius 1 is 1.46 bits per heavy atom. The normalized spacial score (nSPS) is 20.5. The molecule has 0 bridgehead atoms. The molecule has 1 fully saturated rings. The highest BCUT2D eigenvalue weighted by Gasteiger charge is 2.31. The lowest BCUT2D eigenvalue weighted by Gasteiger charge is -2.15. The molecule has 1 aromatic carbocycles. The number of aryl methyl sites for hydroxylation is 1. The van der Waals surface area contributed by atoms with Crippen molar-refractivity contribution < 1.29 is 18.4 Å². The third-order valence-electron chi connectivity index (χ3n) is 4.25. The molecule has 3 N–H and O–H groups in total. The van der Waals surface area contributed by atoms with Crippen molar-refractivity contribution in [2.45, 2.75) is 44.9 Å². The Morgan fingerprint density at radius 3 is 2.88 bits per heavy atom. The zero-order chi connectivity index (χ0) is 18.0. The van der Waals surface area contributed by atoms with Crippen LogP contribution in [0.5, 0.6) is 0 Å². The molecule has 2 aromatic rings. The number of nitrogens with two attached hydrogens (primary N) is 1. The predicted octanol–water partition coefficient (Wildman–Crippen LogP) is 2.29. The molecule has 9 heteroatoms. The average molecular weight is 385 g/mol. The molecule has 0 aliphatic carbocycles. The van der Waals surface area contributed by atoms with Crippen molar-refractivity contribution in [3.8, 4) is 11.4 Å². The van der Waals surface area contributed by atoms with Gasteiger partial charge in [-0.05, 0) is 50.5 Å². The Bertz CT molecular complexity index is 770. The molecular formula is C17H22ClFN4O3. The Labute approximate surface area is 156 Å². The summed E-state index contributed by atoms with van der Waals surface area (Å²) in [5, 5.41) is 6.71. The van der Waals surface area contributed by atoms with Gasteiger partial charge in [-0.3, -0.25) is 4.79 Å². The lowest BCUT2D eigenvalue weighted by molar-refractivity contribution is -0.132. The molecule has 1 aliphatic rings. The molecule has 2 heterocycles. The number of ether oxygens (including phenoxy) is 1. The summed E-state index contributed by atoms with van der Waals surface area (Å²) in [5.74, 6) is 0.111. The monoisotopic (exact) mass is 384 g/mol. The Kier molecular flexibility index (Phi) is 6.69. The van der Waals surface area contributed by atoms with Gasteiger partial charge in [-0.1, -0.05) is 5.16 Å². The quantitative estimate of drug-likeness (QED) is 0.819. The molecule has 3 rings (SSSR count). The second-order valence-electron chi connectivity index (χ2n) is 6.21. The highest BCUT2D eigenvalue weighted by atomic mass is 35.5. The van der Waals surface area contributed by atoms with Gasteiger partial charge in [0.2, 0.25) is 17.6 Å². The van der Waals surface area contributed by atoms with Crippen LogP contribution in [0.25, 0.3) is 11.4 Å². The SMILES string of the molecule is Cc1cc(-c2noc(C(C)NC(=O)[C@@H]3CC[C@H](CN)O3)n2)ccc1F.Cl. The molecule has 0 spiro atoms. The summed E-state index contributed by atoms with van der Waals surface area (Å²) >= 11 is 0. The van der Waals surface area contributed by atoms with Gasteiger partial charge in [0.05, 0.1) is 6.10 Å². The molecule has 1 aromatic heterocycles. The van der Waals surface area contributed by atoms with E-state index in [9.17, 15) is 9.18 Å². The average Bonchev–Trinajstić information content (AvgIpc) is 3.26. The molecule has 1 unspecified atom stereocenters. The van der Waals surface area contributed by atoms with Gasteiger partial charge >= 0.3 is 0 Å². The Morgan fingerprint density at radius 2 is 2.23 bits per heavy atom. The highest BCUT2D eigenvalue weighted by molar-refractivity contribution is 5.85. The van der Waals surface area contributed by atoms with Gasteiger partial charge < -0.3 is 20.3 Å². The molecule has 3 atom stereocenters. The van der Waals surface area contributed by atoms with E-state index in [0.717, 1.165) is 6.42 Å². The van der Waals surface area contributed by atoms with E-state index >= 15 is 0 Å². The summed E-state index contributed by atoms with van der Waals surface area (Å²) in [5.41, 5.74) is 6.70. The summed E-state index contributed by atoms with van der Waals surface area (Å²) in [6.07, 6.45) is 0.850. The van der Waals surface area contributed by atoms with Crippen molar-refractivity contribution in [1.29, 1.82) is 0 Å². The molecule has 142 valence electrons. The first-order valence-electron chi connectivity index (χ1n) is 8.24. The van der Waals surface area contributed by atoms with Crippen LogP contribution in [0.15, 0.2) is 22.7 Å². The lowest BCUT2D eigenvalue weighted by atomic mass is 10.1. The zero-order valence-electron chi connectivity index (χ0n) is 14.6. The van der Waals surface area contributed by atoms with Crippen LogP contribution in [0.1, 0.15) is 37.3 Å². The minimum atomic E-state index is -0.502. The van der Waals surface area contributed by atoms with Crippen LogP contribution < -0.4 is 11.1 Å². The van der Waals surface area contributed by atoms with Crippen LogP contribution in [-0.2, 0) is 9.53 Å². The van der Waals surface area contributed by atoms with Crippen molar-refractivity contribution in [1.82, 2.24) is 15.5 Å². The lowest BCUT2D eigenvalue weighted by Crippen LogP contribution is -2.37. The number of amides is 1. The Hall–Kier alpha value is -2.03. The van der Waals surface area contributed by atoms with Gasteiger partial charge in [-0.2, -0.15) is 4.98 Å². The maximum Gasteiger partial charge on any atom is 0.249 e. The first-order valence-corrected chi connectivity index (χ1v) is 8.24. The number of nitrogens with zero attached hydrogens (tertiary/aromatic N) is 2. The third-order valence-corrected chi connectivity index (χ3v) is 4.25. The van der Waals surface area contributed by atoms with E-state index in [4.69, 9.17) is 15.0 Å². The summed E-state index contributed by atoms with van der Waals surface area (Å²) in [7, 11) is 0. The first kappa shape index (κ1) is 20.3. The molecular weight excluding hydrogens is 363 g/mol. The largest absolute Gasteiger partial charge is 0.364 e. The summed E-state index contributed by atoms with van der Waals surface area (Å²) < 4.78 is 24.2. The maximum atomic E-state index is 13.4. The third kappa shape index (κ3) is 4.38. The molecule has 26 heavy (non-hydrogen) atoms. The molecule has 1 aliphatic heterocycles. The fourth-order valence-corrected chi connectivity index (χ4v) is 2.75. The second-order valence-corrected chi connectivity index (χ2v) is 6.21. The molecule has 1 saturated heterocycles. The number of nitrogens with one attached hydrogen (secondary N) is 1. The fourth-order valence-electron chi connectivity index (χ4n) is 2.75. The van der Waals surface area contributed by atoms with E-state index in [1.54, 1.807) is 26.0 Å². The van der Waals surface area contributed by atoms with Gasteiger partial charge in [-0.15, -0.1) is 12.4 Å². The number of carbonyl (C=O) groups excluding carboxylic acids is 1. The number of benzene rings is 1. The molecule has 0 radical (unpaired) electrons. The minimum absolute atomic E-state index is 0. The van der Waals surface area contributed by atoms with Gasteiger partial charge in [0.15, 0.2) is 0 Å². The van der Waals surface area contributed by atoms with Gasteiger partial charge in [0, 0.05) is 12.1 Å². The molecule has 0 saturated carbocycles. The number of hydrogen-bond acceptors (Lipinski definition) is 6. The Balaban J connectivity index is 0.00000243. The van der Waals surface area contributed by atoms with Gasteiger partial charge in [0.1, 0.15) is 18.0 Å². The topological polar surface area (TPSA) is 103 Å². The van der Waals surface area contributed by atoms with E-state index in [1.165, 1.54) is 6.07 Å². The van der Waals surface area contributed by atoms with E-state index in [-0.39, 0.29) is 36.1 Å².